The fourth-order valence-electron chi connectivity index (χ4n) is 1.25. The van der Waals surface area contributed by atoms with Gasteiger partial charge >= 0.3 is 0 Å². The first-order valence-corrected chi connectivity index (χ1v) is 4.89. The van der Waals surface area contributed by atoms with E-state index in [1.54, 1.807) is 6.92 Å². The Bertz CT molecular complexity index is 380. The lowest BCUT2D eigenvalue weighted by Gasteiger charge is -2.21. The van der Waals surface area contributed by atoms with Gasteiger partial charge in [-0.3, -0.25) is 0 Å². The lowest BCUT2D eigenvalue weighted by atomic mass is 9.95. The van der Waals surface area contributed by atoms with Crippen LogP contribution in [0.2, 0.25) is 0 Å². The van der Waals surface area contributed by atoms with E-state index in [4.69, 9.17) is 10.8 Å². The van der Waals surface area contributed by atoms with Gasteiger partial charge in [0.2, 0.25) is 0 Å². The van der Waals surface area contributed by atoms with Crippen LogP contribution in [0.3, 0.4) is 0 Å². The maximum atomic E-state index is 13.2. The van der Waals surface area contributed by atoms with Gasteiger partial charge in [-0.25, -0.2) is 13.2 Å². The largest absolute Gasteiger partial charge is 0.394 e. The molecule has 90 valence electrons. The lowest BCUT2D eigenvalue weighted by Crippen LogP contribution is -2.40. The number of aryl methyl sites for hydroxylation is 1. The Hall–Kier alpha value is -1.07. The van der Waals surface area contributed by atoms with Crippen LogP contribution < -0.4 is 5.73 Å². The van der Waals surface area contributed by atoms with E-state index in [0.717, 1.165) is 6.07 Å². The molecule has 5 heteroatoms. The summed E-state index contributed by atoms with van der Waals surface area (Å²) in [6, 6.07) is 1.33. The van der Waals surface area contributed by atoms with Crippen molar-refractivity contribution in [1.29, 1.82) is 0 Å². The van der Waals surface area contributed by atoms with Crippen LogP contribution in [-0.4, -0.2) is 17.3 Å². The Kier molecular flexibility index (Phi) is 3.93. The average Bonchev–Trinajstić information content (AvgIpc) is 2.22. The molecule has 1 unspecified atom stereocenters. The average molecular weight is 233 g/mol. The number of hydrogen-bond donors (Lipinski definition) is 2. The summed E-state index contributed by atoms with van der Waals surface area (Å²) in [6.07, 6.45) is 0.433. The van der Waals surface area contributed by atoms with Crippen LogP contribution in [0.1, 0.15) is 18.9 Å². The van der Waals surface area contributed by atoms with Crippen LogP contribution in [0, 0.1) is 17.5 Å². The van der Waals surface area contributed by atoms with Crippen molar-refractivity contribution in [2.75, 3.05) is 6.61 Å². The van der Waals surface area contributed by atoms with E-state index < -0.39 is 23.0 Å². The molecule has 0 heterocycles. The van der Waals surface area contributed by atoms with E-state index in [1.807, 2.05) is 0 Å². The molecule has 0 aliphatic carbocycles. The molecule has 0 fully saturated rings. The van der Waals surface area contributed by atoms with Crippen molar-refractivity contribution < 1.29 is 18.3 Å². The van der Waals surface area contributed by atoms with Crippen LogP contribution in [-0.2, 0) is 6.42 Å². The molecular formula is C11H14F3NO. The first kappa shape index (κ1) is 13.0. The minimum atomic E-state index is -1.21. The molecule has 16 heavy (non-hydrogen) atoms. The summed E-state index contributed by atoms with van der Waals surface area (Å²) in [7, 11) is 0. The number of benzene rings is 1. The number of nitrogens with two attached hydrogens (primary N) is 1. The molecule has 0 aliphatic heterocycles. The van der Waals surface area contributed by atoms with Gasteiger partial charge in [-0.1, -0.05) is 0 Å². The molecule has 0 aliphatic rings. The Morgan fingerprint density at radius 1 is 1.19 bits per heavy atom. The highest BCUT2D eigenvalue weighted by atomic mass is 19.2. The van der Waals surface area contributed by atoms with Gasteiger partial charge in [0, 0.05) is 11.6 Å². The highest BCUT2D eigenvalue weighted by Gasteiger charge is 2.18. The topological polar surface area (TPSA) is 46.2 Å². The second-order valence-electron chi connectivity index (χ2n) is 4.17. The molecular weight excluding hydrogens is 219 g/mol. The number of rotatable bonds is 4. The quantitative estimate of drug-likeness (QED) is 0.778. The van der Waals surface area contributed by atoms with E-state index in [0.29, 0.717) is 6.07 Å². The van der Waals surface area contributed by atoms with Crippen LogP contribution >= 0.6 is 0 Å². The van der Waals surface area contributed by atoms with Gasteiger partial charge in [0.1, 0.15) is 5.82 Å². The third-order valence-electron chi connectivity index (χ3n) is 2.42. The van der Waals surface area contributed by atoms with Gasteiger partial charge in [-0.05, 0) is 31.4 Å². The Morgan fingerprint density at radius 2 is 1.75 bits per heavy atom. The van der Waals surface area contributed by atoms with Gasteiger partial charge in [0.05, 0.1) is 6.61 Å². The highest BCUT2D eigenvalue weighted by Crippen LogP contribution is 2.17. The van der Waals surface area contributed by atoms with Crippen molar-refractivity contribution in [1.82, 2.24) is 0 Å². The molecule has 0 radical (unpaired) electrons. The summed E-state index contributed by atoms with van der Waals surface area (Å²) in [5.41, 5.74) is 4.85. The number of halogens is 3. The molecule has 1 atom stereocenters. The van der Waals surface area contributed by atoms with Crippen LogP contribution in [0.25, 0.3) is 0 Å². The van der Waals surface area contributed by atoms with Gasteiger partial charge in [-0.2, -0.15) is 0 Å². The highest BCUT2D eigenvalue weighted by molar-refractivity contribution is 5.20. The smallest absolute Gasteiger partial charge is 0.161 e. The van der Waals surface area contributed by atoms with E-state index in [2.05, 4.69) is 0 Å². The zero-order valence-corrected chi connectivity index (χ0v) is 8.93. The van der Waals surface area contributed by atoms with Crippen molar-refractivity contribution in [3.63, 3.8) is 0 Å². The molecule has 2 nitrogen and oxygen atoms in total. The summed E-state index contributed by atoms with van der Waals surface area (Å²) >= 11 is 0. The fourth-order valence-corrected chi connectivity index (χ4v) is 1.25. The maximum Gasteiger partial charge on any atom is 0.161 e. The SMILES string of the molecule is CC(N)(CO)CCc1cc(F)c(F)cc1F. The van der Waals surface area contributed by atoms with Gasteiger partial charge < -0.3 is 10.8 Å². The zero-order valence-electron chi connectivity index (χ0n) is 8.93. The van der Waals surface area contributed by atoms with E-state index >= 15 is 0 Å². The monoisotopic (exact) mass is 233 g/mol. The summed E-state index contributed by atoms with van der Waals surface area (Å²) in [4.78, 5) is 0. The van der Waals surface area contributed by atoms with Gasteiger partial charge in [-0.15, -0.1) is 0 Å². The first-order valence-electron chi connectivity index (χ1n) is 4.89. The standard InChI is InChI=1S/C11H14F3NO/c1-11(15,6-16)3-2-7-4-9(13)10(14)5-8(7)12/h4-5,16H,2-3,6,15H2,1H3. The first-order chi connectivity index (χ1) is 7.35. The predicted molar refractivity (Wildman–Crippen MR) is 54.3 cm³/mol. The number of aliphatic hydroxyl groups is 1. The molecule has 0 aromatic heterocycles. The van der Waals surface area contributed by atoms with Crippen molar-refractivity contribution in [3.05, 3.63) is 35.1 Å². The van der Waals surface area contributed by atoms with Crippen molar-refractivity contribution >= 4 is 0 Å². The normalized spacial score (nSPS) is 14.9. The minimum absolute atomic E-state index is 0.0593. The second-order valence-corrected chi connectivity index (χ2v) is 4.17. The summed E-state index contributed by atoms with van der Waals surface area (Å²) in [5.74, 6) is -3.09. The van der Waals surface area contributed by atoms with E-state index in [9.17, 15) is 13.2 Å². The lowest BCUT2D eigenvalue weighted by molar-refractivity contribution is 0.200. The number of hydrogen-bond acceptors (Lipinski definition) is 2. The van der Waals surface area contributed by atoms with Crippen molar-refractivity contribution in [2.24, 2.45) is 5.73 Å². The molecule has 1 rings (SSSR count). The number of aliphatic hydroxyl groups excluding tert-OH is 1. The van der Waals surface area contributed by atoms with Crippen LogP contribution in [0.5, 0.6) is 0 Å². The molecule has 0 saturated carbocycles. The fraction of sp³-hybridized carbons (Fsp3) is 0.455. The third kappa shape index (κ3) is 3.21. The van der Waals surface area contributed by atoms with Crippen LogP contribution in [0.15, 0.2) is 12.1 Å². The third-order valence-corrected chi connectivity index (χ3v) is 2.42. The summed E-state index contributed by atoms with van der Waals surface area (Å²) in [6.45, 7) is 1.35. The molecule has 3 N–H and O–H groups in total. The Morgan fingerprint density at radius 3 is 2.31 bits per heavy atom. The van der Waals surface area contributed by atoms with Crippen molar-refractivity contribution in [3.8, 4) is 0 Å². The summed E-state index contributed by atoms with van der Waals surface area (Å²) in [5, 5.41) is 8.89. The molecule has 0 bridgehead atoms. The molecule has 1 aromatic rings. The predicted octanol–water partition coefficient (Wildman–Crippen LogP) is 1.75. The molecule has 0 spiro atoms. The minimum Gasteiger partial charge on any atom is -0.394 e. The van der Waals surface area contributed by atoms with E-state index in [-0.39, 0.29) is 25.0 Å². The Balaban J connectivity index is 2.79. The molecule has 0 saturated heterocycles. The van der Waals surface area contributed by atoms with Crippen molar-refractivity contribution in [2.45, 2.75) is 25.3 Å². The van der Waals surface area contributed by atoms with Gasteiger partial charge in [0.25, 0.3) is 0 Å². The summed E-state index contributed by atoms with van der Waals surface area (Å²) < 4.78 is 38.7. The van der Waals surface area contributed by atoms with Crippen LogP contribution in [0.4, 0.5) is 13.2 Å². The second kappa shape index (κ2) is 4.84. The van der Waals surface area contributed by atoms with Gasteiger partial charge in [0.15, 0.2) is 11.6 Å². The zero-order chi connectivity index (χ0) is 12.3. The Labute approximate surface area is 91.9 Å². The van der Waals surface area contributed by atoms with E-state index in [1.165, 1.54) is 0 Å². The molecule has 0 amide bonds. The maximum absolute atomic E-state index is 13.2. The molecule has 1 aromatic carbocycles.